The van der Waals surface area contributed by atoms with Gasteiger partial charge in [0.15, 0.2) is 11.6 Å². The number of hydrogen-bond acceptors (Lipinski definition) is 7. The van der Waals surface area contributed by atoms with Gasteiger partial charge in [0.25, 0.3) is 5.69 Å². The molecule has 0 aliphatic rings. The lowest BCUT2D eigenvalue weighted by Gasteiger charge is -2.06. The fourth-order valence-electron chi connectivity index (χ4n) is 1.30. The first-order valence-electron chi connectivity index (χ1n) is 5.24. The summed E-state index contributed by atoms with van der Waals surface area (Å²) in [6.45, 7) is 1.24. The van der Waals surface area contributed by atoms with Crippen molar-refractivity contribution in [1.29, 1.82) is 10.7 Å². The first kappa shape index (κ1) is 14.8. The van der Waals surface area contributed by atoms with Crippen LogP contribution in [-0.4, -0.2) is 22.3 Å². The third kappa shape index (κ3) is 3.36. The smallest absolute Gasteiger partial charge is 0.270 e. The van der Waals surface area contributed by atoms with Crippen molar-refractivity contribution in [3.05, 3.63) is 33.9 Å². The summed E-state index contributed by atoms with van der Waals surface area (Å²) in [5, 5.41) is 30.0. The molecule has 4 N–H and O–H groups in total. The van der Waals surface area contributed by atoms with E-state index in [2.05, 4.69) is 10.5 Å². The SMILES string of the molecule is CC(=O)c1cc([N+](=O)[O-])ccc1N/N=C(\C#N)C(=N)N. The Morgan fingerprint density at radius 2 is 2.25 bits per heavy atom. The Hall–Kier alpha value is -3.28. The zero-order chi connectivity index (χ0) is 15.3. The average Bonchev–Trinajstić information content (AvgIpc) is 2.38. The van der Waals surface area contributed by atoms with Gasteiger partial charge in [-0.05, 0) is 13.0 Å². The van der Waals surface area contributed by atoms with E-state index in [4.69, 9.17) is 16.4 Å². The molecule has 0 bridgehead atoms. The van der Waals surface area contributed by atoms with Crippen molar-refractivity contribution in [3.8, 4) is 6.07 Å². The van der Waals surface area contributed by atoms with Crippen molar-refractivity contribution < 1.29 is 9.72 Å². The van der Waals surface area contributed by atoms with Gasteiger partial charge in [-0.3, -0.25) is 25.7 Å². The number of nitriles is 1. The van der Waals surface area contributed by atoms with Crippen molar-refractivity contribution >= 4 is 28.7 Å². The molecule has 102 valence electrons. The third-order valence-electron chi connectivity index (χ3n) is 2.24. The second-order valence-electron chi connectivity index (χ2n) is 3.64. The van der Waals surface area contributed by atoms with Crippen LogP contribution >= 0.6 is 0 Å². The average molecular weight is 274 g/mol. The molecule has 20 heavy (non-hydrogen) atoms. The van der Waals surface area contributed by atoms with Crippen LogP contribution in [0.15, 0.2) is 23.3 Å². The number of benzene rings is 1. The maximum absolute atomic E-state index is 11.4. The van der Waals surface area contributed by atoms with Crippen molar-refractivity contribution in [2.75, 3.05) is 5.43 Å². The van der Waals surface area contributed by atoms with Gasteiger partial charge in [-0.25, -0.2) is 0 Å². The number of carbonyl (C=O) groups is 1. The molecule has 0 saturated heterocycles. The van der Waals surface area contributed by atoms with Gasteiger partial charge in [0.05, 0.1) is 10.6 Å². The number of nitro groups is 1. The molecule has 0 atom stereocenters. The minimum Gasteiger partial charge on any atom is -0.382 e. The minimum atomic E-state index is -0.629. The molecule has 0 unspecified atom stereocenters. The van der Waals surface area contributed by atoms with Gasteiger partial charge in [-0.2, -0.15) is 10.4 Å². The number of Topliss-reactive ketones (excluding diaryl/α,β-unsaturated/α-hetero) is 1. The number of nitrogens with two attached hydrogens (primary N) is 1. The zero-order valence-electron chi connectivity index (χ0n) is 10.4. The molecule has 0 aliphatic carbocycles. The van der Waals surface area contributed by atoms with E-state index in [1.807, 2.05) is 0 Å². The van der Waals surface area contributed by atoms with Crippen LogP contribution in [0.4, 0.5) is 11.4 Å². The molecule has 0 amide bonds. The predicted octanol–water partition coefficient (Wildman–Crippen LogP) is 1.02. The topological polar surface area (TPSA) is 158 Å². The minimum absolute atomic E-state index is 0.0452. The number of amidine groups is 1. The van der Waals surface area contributed by atoms with E-state index in [9.17, 15) is 14.9 Å². The highest BCUT2D eigenvalue weighted by Crippen LogP contribution is 2.22. The number of anilines is 1. The molecule has 0 fully saturated rings. The number of carbonyl (C=O) groups excluding carboxylic acids is 1. The summed E-state index contributed by atoms with van der Waals surface area (Å²) in [5.41, 5.74) is 7.12. The third-order valence-corrected chi connectivity index (χ3v) is 2.24. The number of rotatable bonds is 5. The van der Waals surface area contributed by atoms with Crippen LogP contribution in [-0.2, 0) is 0 Å². The van der Waals surface area contributed by atoms with Crippen molar-refractivity contribution in [1.82, 2.24) is 0 Å². The van der Waals surface area contributed by atoms with Crippen LogP contribution in [0.25, 0.3) is 0 Å². The van der Waals surface area contributed by atoms with E-state index in [0.717, 1.165) is 6.07 Å². The predicted molar refractivity (Wildman–Crippen MR) is 71.7 cm³/mol. The van der Waals surface area contributed by atoms with E-state index < -0.39 is 16.5 Å². The largest absolute Gasteiger partial charge is 0.382 e. The molecule has 1 aromatic rings. The summed E-state index contributed by atoms with van der Waals surface area (Å²) in [6.07, 6.45) is 0. The van der Waals surface area contributed by atoms with E-state index in [1.165, 1.54) is 19.1 Å². The van der Waals surface area contributed by atoms with Crippen LogP contribution in [0.3, 0.4) is 0 Å². The Kier molecular flexibility index (Phi) is 4.47. The Balaban J connectivity index is 3.20. The first-order valence-corrected chi connectivity index (χ1v) is 5.24. The highest BCUT2D eigenvalue weighted by atomic mass is 16.6. The number of nitrogens with zero attached hydrogens (tertiary/aromatic N) is 3. The molecule has 0 aromatic heterocycles. The molecule has 9 nitrogen and oxygen atoms in total. The highest BCUT2D eigenvalue weighted by Gasteiger charge is 2.14. The normalized spacial score (nSPS) is 10.5. The quantitative estimate of drug-likeness (QED) is 0.239. The Morgan fingerprint density at radius 1 is 1.60 bits per heavy atom. The molecule has 0 aliphatic heterocycles. The molecule has 0 spiro atoms. The number of non-ortho nitro benzene ring substituents is 1. The van der Waals surface area contributed by atoms with Gasteiger partial charge in [0.2, 0.25) is 5.71 Å². The zero-order valence-corrected chi connectivity index (χ0v) is 10.4. The second-order valence-corrected chi connectivity index (χ2v) is 3.64. The van der Waals surface area contributed by atoms with E-state index >= 15 is 0 Å². The number of nitrogens with one attached hydrogen (secondary N) is 2. The Labute approximate surface area is 113 Å². The summed E-state index contributed by atoms with van der Waals surface area (Å²) in [4.78, 5) is 21.5. The lowest BCUT2D eigenvalue weighted by Crippen LogP contribution is -2.22. The standard InChI is InChI=1S/C11H10N6O3/c1-6(18)8-4-7(17(19)20)2-3-9(8)15-16-10(5-12)11(13)14/h2-4,15H,1H3,(H3,13,14)/b16-10+. The second kappa shape index (κ2) is 6.05. The Morgan fingerprint density at radius 3 is 2.70 bits per heavy atom. The molecule has 0 saturated carbocycles. The van der Waals surface area contributed by atoms with Crippen LogP contribution in [0, 0.1) is 26.9 Å². The van der Waals surface area contributed by atoms with Gasteiger partial charge in [-0.1, -0.05) is 0 Å². The molecule has 1 aromatic carbocycles. The van der Waals surface area contributed by atoms with Crippen LogP contribution < -0.4 is 11.2 Å². The first-order chi connectivity index (χ1) is 9.36. The molecule has 0 radical (unpaired) electrons. The van der Waals surface area contributed by atoms with Crippen LogP contribution in [0.2, 0.25) is 0 Å². The number of ketones is 1. The summed E-state index contributed by atoms with van der Waals surface area (Å²) < 4.78 is 0. The van der Waals surface area contributed by atoms with Crippen molar-refractivity contribution in [2.24, 2.45) is 10.8 Å². The Bertz CT molecular complexity index is 659. The fourth-order valence-corrected chi connectivity index (χ4v) is 1.30. The molecule has 1 rings (SSSR count). The molecular formula is C11H10N6O3. The summed E-state index contributed by atoms with van der Waals surface area (Å²) in [6, 6.07) is 5.16. The fraction of sp³-hybridized carbons (Fsp3) is 0.0909. The maximum Gasteiger partial charge on any atom is 0.270 e. The molecule has 9 heteroatoms. The van der Waals surface area contributed by atoms with Crippen molar-refractivity contribution in [2.45, 2.75) is 6.92 Å². The lowest BCUT2D eigenvalue weighted by atomic mass is 10.1. The summed E-state index contributed by atoms with van der Waals surface area (Å²) >= 11 is 0. The monoisotopic (exact) mass is 274 g/mol. The van der Waals surface area contributed by atoms with Gasteiger partial charge < -0.3 is 5.73 Å². The molecular weight excluding hydrogens is 264 g/mol. The summed E-state index contributed by atoms with van der Waals surface area (Å²) in [5.74, 6) is -0.945. The van der Waals surface area contributed by atoms with Crippen molar-refractivity contribution in [3.63, 3.8) is 0 Å². The van der Waals surface area contributed by atoms with Gasteiger partial charge in [0.1, 0.15) is 6.07 Å². The van der Waals surface area contributed by atoms with Gasteiger partial charge in [0, 0.05) is 17.7 Å². The molecule has 0 heterocycles. The summed E-state index contributed by atoms with van der Waals surface area (Å²) in [7, 11) is 0. The van der Waals surface area contributed by atoms with Crippen LogP contribution in [0.1, 0.15) is 17.3 Å². The van der Waals surface area contributed by atoms with Gasteiger partial charge >= 0.3 is 0 Å². The van der Waals surface area contributed by atoms with E-state index in [-0.39, 0.29) is 22.6 Å². The van der Waals surface area contributed by atoms with E-state index in [1.54, 1.807) is 6.07 Å². The van der Waals surface area contributed by atoms with E-state index in [0.29, 0.717) is 0 Å². The number of hydrogen-bond donors (Lipinski definition) is 3. The van der Waals surface area contributed by atoms with Crippen LogP contribution in [0.5, 0.6) is 0 Å². The number of nitro benzene ring substituents is 1. The van der Waals surface area contributed by atoms with Gasteiger partial charge in [-0.15, -0.1) is 0 Å². The lowest BCUT2D eigenvalue weighted by molar-refractivity contribution is -0.384. The number of hydrazone groups is 1. The maximum atomic E-state index is 11.4. The highest BCUT2D eigenvalue weighted by molar-refractivity contribution is 6.45.